The van der Waals surface area contributed by atoms with Crippen molar-refractivity contribution < 1.29 is 23.8 Å². The molecule has 0 fully saturated rings. The molecule has 2 aromatic heterocycles. The lowest BCUT2D eigenvalue weighted by Gasteiger charge is -2.15. The molecule has 0 saturated heterocycles. The fourth-order valence-corrected chi connectivity index (χ4v) is 3.89. The van der Waals surface area contributed by atoms with Gasteiger partial charge in [-0.25, -0.2) is 9.59 Å². The quantitative estimate of drug-likeness (QED) is 0.236. The molecule has 0 bridgehead atoms. The Hall–Kier alpha value is -2.49. The highest BCUT2D eigenvalue weighted by Gasteiger charge is 2.16. The molecule has 0 unspecified atom stereocenters. The zero-order chi connectivity index (χ0) is 23.7. The van der Waals surface area contributed by atoms with Gasteiger partial charge in [0.15, 0.2) is 0 Å². The Morgan fingerprint density at radius 1 is 1.09 bits per heavy atom. The first-order chi connectivity index (χ1) is 15.2. The molecule has 0 saturated carbocycles. The SMILES string of the molecule is COC(=O)c1cccnc1.COC(=O)c1cn(COCC[Si](C)(C)C)c2cc(Br)ccc12. The van der Waals surface area contributed by atoms with Crippen LogP contribution in [-0.2, 0) is 20.9 Å². The maximum Gasteiger partial charge on any atom is 0.340 e. The molecule has 3 rings (SSSR count). The standard InChI is InChI=1S/C16H22BrNO3Si.C7H7NO2/c1-20-16(19)14-10-18(11-21-7-8-22(2,3)4)15-9-12(17)5-6-13(14)15;1-10-7(9)6-3-2-4-8-5-6/h5-6,9-10H,7-8,11H2,1-4H3;2-5H,1H3. The van der Waals surface area contributed by atoms with E-state index in [4.69, 9.17) is 9.47 Å². The first-order valence-corrected chi connectivity index (χ1v) is 14.6. The van der Waals surface area contributed by atoms with E-state index in [9.17, 15) is 9.59 Å². The number of nitrogens with zero attached hydrogens (tertiary/aromatic N) is 2. The summed E-state index contributed by atoms with van der Waals surface area (Å²) in [5.41, 5.74) is 2.01. The van der Waals surface area contributed by atoms with Crippen molar-refractivity contribution in [1.82, 2.24) is 9.55 Å². The Morgan fingerprint density at radius 2 is 1.81 bits per heavy atom. The van der Waals surface area contributed by atoms with Crippen molar-refractivity contribution in [2.75, 3.05) is 20.8 Å². The zero-order valence-electron chi connectivity index (χ0n) is 19.1. The van der Waals surface area contributed by atoms with Gasteiger partial charge in [0, 0.05) is 43.1 Å². The van der Waals surface area contributed by atoms with Crippen molar-refractivity contribution in [1.29, 1.82) is 0 Å². The third kappa shape index (κ3) is 7.58. The van der Waals surface area contributed by atoms with Crippen molar-refractivity contribution in [2.45, 2.75) is 32.4 Å². The van der Waals surface area contributed by atoms with E-state index in [1.165, 1.54) is 20.4 Å². The summed E-state index contributed by atoms with van der Waals surface area (Å²) in [6.07, 6.45) is 4.87. The lowest BCUT2D eigenvalue weighted by atomic mass is 10.2. The molecule has 2 heterocycles. The highest BCUT2D eigenvalue weighted by Crippen LogP contribution is 2.26. The molecular weight excluding hydrogens is 492 g/mol. The molecule has 0 aliphatic heterocycles. The summed E-state index contributed by atoms with van der Waals surface area (Å²) in [5, 5.41) is 0.879. The van der Waals surface area contributed by atoms with E-state index in [-0.39, 0.29) is 11.9 Å². The Balaban J connectivity index is 0.000000303. The fraction of sp³-hybridized carbons (Fsp3) is 0.348. The summed E-state index contributed by atoms with van der Waals surface area (Å²) in [5.74, 6) is -0.679. The Labute approximate surface area is 197 Å². The average molecular weight is 521 g/mol. The van der Waals surface area contributed by atoms with Crippen molar-refractivity contribution in [3.63, 3.8) is 0 Å². The van der Waals surface area contributed by atoms with Crippen LogP contribution in [0, 0.1) is 0 Å². The largest absolute Gasteiger partial charge is 0.465 e. The summed E-state index contributed by atoms with van der Waals surface area (Å²) >= 11 is 3.47. The molecule has 0 N–H and O–H groups in total. The van der Waals surface area contributed by atoms with Gasteiger partial charge >= 0.3 is 11.9 Å². The number of carbonyl (C=O) groups is 2. The van der Waals surface area contributed by atoms with Gasteiger partial charge in [-0.05, 0) is 30.3 Å². The van der Waals surface area contributed by atoms with Crippen molar-refractivity contribution in [3.05, 3.63) is 64.5 Å². The number of rotatable bonds is 7. The topological polar surface area (TPSA) is 79.7 Å². The molecule has 1 aromatic carbocycles. The predicted molar refractivity (Wildman–Crippen MR) is 131 cm³/mol. The number of fused-ring (bicyclic) bond motifs is 1. The van der Waals surface area contributed by atoms with Crippen LogP contribution in [0.2, 0.25) is 25.7 Å². The molecule has 7 nitrogen and oxygen atoms in total. The second-order valence-corrected chi connectivity index (χ2v) is 14.8. The summed E-state index contributed by atoms with van der Waals surface area (Å²) in [4.78, 5) is 26.4. The van der Waals surface area contributed by atoms with E-state index in [1.54, 1.807) is 24.5 Å². The number of methoxy groups -OCH3 is 2. The fourth-order valence-electron chi connectivity index (χ4n) is 2.79. The first kappa shape index (κ1) is 25.8. The monoisotopic (exact) mass is 520 g/mol. The van der Waals surface area contributed by atoms with Crippen LogP contribution in [0.4, 0.5) is 0 Å². The highest BCUT2D eigenvalue weighted by atomic mass is 79.9. The Kier molecular flexibility index (Phi) is 9.61. The lowest BCUT2D eigenvalue weighted by molar-refractivity contribution is 0.0591. The number of aromatic nitrogens is 2. The zero-order valence-corrected chi connectivity index (χ0v) is 21.6. The molecule has 32 heavy (non-hydrogen) atoms. The van der Waals surface area contributed by atoms with E-state index in [2.05, 4.69) is 45.3 Å². The summed E-state index contributed by atoms with van der Waals surface area (Å²) in [6.45, 7) is 8.17. The van der Waals surface area contributed by atoms with E-state index in [0.29, 0.717) is 17.9 Å². The van der Waals surface area contributed by atoms with E-state index >= 15 is 0 Å². The van der Waals surface area contributed by atoms with Crippen molar-refractivity contribution in [3.8, 4) is 0 Å². The van der Waals surface area contributed by atoms with Gasteiger partial charge in [-0.15, -0.1) is 0 Å². The van der Waals surface area contributed by atoms with Gasteiger partial charge in [-0.2, -0.15) is 0 Å². The van der Waals surface area contributed by atoms with Gasteiger partial charge in [0.1, 0.15) is 6.73 Å². The normalized spacial score (nSPS) is 10.9. The van der Waals surface area contributed by atoms with Crippen LogP contribution in [0.25, 0.3) is 10.9 Å². The van der Waals surface area contributed by atoms with Crippen LogP contribution >= 0.6 is 15.9 Å². The lowest BCUT2D eigenvalue weighted by Crippen LogP contribution is -2.21. The van der Waals surface area contributed by atoms with E-state index in [0.717, 1.165) is 28.0 Å². The third-order valence-electron chi connectivity index (χ3n) is 4.56. The Bertz CT molecular complexity index is 1050. The minimum atomic E-state index is -1.09. The van der Waals surface area contributed by atoms with Gasteiger partial charge < -0.3 is 18.8 Å². The molecule has 3 aromatic rings. The minimum absolute atomic E-state index is 0.326. The van der Waals surface area contributed by atoms with Crippen LogP contribution in [0.15, 0.2) is 53.4 Å². The second kappa shape index (κ2) is 11.9. The molecule has 172 valence electrons. The maximum atomic E-state index is 11.9. The van der Waals surface area contributed by atoms with Crippen LogP contribution in [-0.4, -0.2) is 50.4 Å². The van der Waals surface area contributed by atoms with Crippen molar-refractivity contribution >= 4 is 46.8 Å². The summed E-state index contributed by atoms with van der Waals surface area (Å²) in [6, 6.07) is 10.3. The molecule has 0 atom stereocenters. The average Bonchev–Trinajstić information content (AvgIpc) is 3.13. The maximum absolute atomic E-state index is 11.9. The van der Waals surface area contributed by atoms with Crippen LogP contribution in [0.1, 0.15) is 20.7 Å². The number of esters is 2. The molecule has 0 aliphatic rings. The molecule has 0 radical (unpaired) electrons. The minimum Gasteiger partial charge on any atom is -0.465 e. The summed E-state index contributed by atoms with van der Waals surface area (Å²) < 4.78 is 18.0. The molecular formula is C23H29BrN2O5Si. The summed E-state index contributed by atoms with van der Waals surface area (Å²) in [7, 11) is 1.65. The van der Waals surface area contributed by atoms with Crippen molar-refractivity contribution in [2.24, 2.45) is 0 Å². The number of halogens is 1. The molecule has 0 aliphatic carbocycles. The number of ether oxygens (including phenoxy) is 3. The Morgan fingerprint density at radius 3 is 2.41 bits per heavy atom. The highest BCUT2D eigenvalue weighted by molar-refractivity contribution is 9.10. The number of hydrogen-bond acceptors (Lipinski definition) is 6. The third-order valence-corrected chi connectivity index (χ3v) is 6.76. The molecule has 9 heteroatoms. The van der Waals surface area contributed by atoms with Gasteiger partial charge in [-0.1, -0.05) is 41.6 Å². The first-order valence-electron chi connectivity index (χ1n) is 10.1. The van der Waals surface area contributed by atoms with E-state index in [1.807, 2.05) is 22.8 Å². The van der Waals surface area contributed by atoms with Crippen LogP contribution in [0.3, 0.4) is 0 Å². The second-order valence-electron chi connectivity index (χ2n) is 8.25. The number of carbonyl (C=O) groups excluding carboxylic acids is 2. The van der Waals surface area contributed by atoms with Gasteiger partial charge in [-0.3, -0.25) is 4.98 Å². The molecule has 0 spiro atoms. The number of benzene rings is 1. The van der Waals surface area contributed by atoms with Gasteiger partial charge in [0.2, 0.25) is 0 Å². The smallest absolute Gasteiger partial charge is 0.340 e. The molecule has 0 amide bonds. The predicted octanol–water partition coefficient (Wildman–Crippen LogP) is 5.37. The van der Waals surface area contributed by atoms with Crippen LogP contribution in [0.5, 0.6) is 0 Å². The number of hydrogen-bond donors (Lipinski definition) is 0. The van der Waals surface area contributed by atoms with E-state index < -0.39 is 8.07 Å². The van der Waals surface area contributed by atoms with Gasteiger partial charge in [0.25, 0.3) is 0 Å². The van der Waals surface area contributed by atoms with Gasteiger partial charge in [0.05, 0.1) is 30.9 Å². The van der Waals surface area contributed by atoms with Crippen LogP contribution < -0.4 is 0 Å². The number of pyridine rings is 1.